The van der Waals surface area contributed by atoms with Crippen molar-refractivity contribution in [1.29, 1.82) is 0 Å². The summed E-state index contributed by atoms with van der Waals surface area (Å²) in [5.41, 5.74) is -0.513. The van der Waals surface area contributed by atoms with E-state index in [-0.39, 0.29) is 23.5 Å². The summed E-state index contributed by atoms with van der Waals surface area (Å²) < 4.78 is 16.8. The lowest BCUT2D eigenvalue weighted by atomic mass is 9.50. The van der Waals surface area contributed by atoms with E-state index in [0.29, 0.717) is 37.4 Å². The van der Waals surface area contributed by atoms with Crippen molar-refractivity contribution in [2.45, 2.75) is 63.2 Å². The van der Waals surface area contributed by atoms with Crippen molar-refractivity contribution in [2.75, 3.05) is 26.9 Å². The highest BCUT2D eigenvalue weighted by Crippen LogP contribution is 2.59. The molecule has 6 nitrogen and oxygen atoms in total. The highest BCUT2D eigenvalue weighted by Gasteiger charge is 2.61. The first-order chi connectivity index (χ1) is 12.5. The third-order valence-corrected chi connectivity index (χ3v) is 6.82. The number of furan rings is 1. The first-order valence-electron chi connectivity index (χ1n) is 9.79. The first kappa shape index (κ1) is 18.0. The largest absolute Gasteiger partial charge is 0.465 e. The predicted molar refractivity (Wildman–Crippen MR) is 94.9 cm³/mol. The molecule has 1 amide bonds. The molecule has 2 aliphatic carbocycles. The molecule has 3 fully saturated rings. The number of aliphatic hydroxyl groups is 1. The van der Waals surface area contributed by atoms with E-state index in [0.717, 1.165) is 25.9 Å². The van der Waals surface area contributed by atoms with Crippen molar-refractivity contribution in [1.82, 2.24) is 4.90 Å². The van der Waals surface area contributed by atoms with Gasteiger partial charge in [-0.3, -0.25) is 4.79 Å². The summed E-state index contributed by atoms with van der Waals surface area (Å²) in [6.45, 7) is 3.70. The first-order valence-corrected chi connectivity index (χ1v) is 9.79. The summed E-state index contributed by atoms with van der Waals surface area (Å²) in [7, 11) is 1.88. The van der Waals surface area contributed by atoms with Crippen molar-refractivity contribution in [3.05, 3.63) is 23.7 Å². The molecule has 0 aromatic carbocycles. The predicted octanol–water partition coefficient (Wildman–Crippen LogP) is 2.70. The van der Waals surface area contributed by atoms with E-state index in [9.17, 15) is 9.90 Å². The Morgan fingerprint density at radius 3 is 2.69 bits per heavy atom. The van der Waals surface area contributed by atoms with Gasteiger partial charge in [0.25, 0.3) is 5.91 Å². The minimum Gasteiger partial charge on any atom is -0.465 e. The van der Waals surface area contributed by atoms with Gasteiger partial charge in [0, 0.05) is 51.2 Å². The fraction of sp³-hybridized carbons (Fsp3) is 0.750. The van der Waals surface area contributed by atoms with Crippen LogP contribution >= 0.6 is 0 Å². The molecule has 0 bridgehead atoms. The number of hydrogen-bond acceptors (Lipinski definition) is 5. The molecule has 3 aliphatic rings. The lowest BCUT2D eigenvalue weighted by Gasteiger charge is -2.63. The summed E-state index contributed by atoms with van der Waals surface area (Å²) in [6.07, 6.45) is 7.02. The highest BCUT2D eigenvalue weighted by molar-refractivity contribution is 5.95. The van der Waals surface area contributed by atoms with Gasteiger partial charge in [0.2, 0.25) is 0 Å². The van der Waals surface area contributed by atoms with Crippen LogP contribution in [0, 0.1) is 5.41 Å². The molecule has 1 aromatic rings. The van der Waals surface area contributed by atoms with Crippen molar-refractivity contribution in [3.63, 3.8) is 0 Å². The minimum absolute atomic E-state index is 0.0695. The zero-order valence-corrected chi connectivity index (χ0v) is 15.7. The molecule has 1 aliphatic heterocycles. The fourth-order valence-corrected chi connectivity index (χ4v) is 5.05. The Bertz CT molecular complexity index is 659. The van der Waals surface area contributed by atoms with Gasteiger partial charge in [0.1, 0.15) is 11.4 Å². The maximum Gasteiger partial charge on any atom is 0.257 e. The summed E-state index contributed by atoms with van der Waals surface area (Å²) in [4.78, 5) is 15.1. The Morgan fingerprint density at radius 2 is 2.08 bits per heavy atom. The molecule has 6 heteroatoms. The van der Waals surface area contributed by atoms with Crippen LogP contribution in [0.25, 0.3) is 0 Å². The molecular formula is C20H29NO5. The molecule has 2 heterocycles. The van der Waals surface area contributed by atoms with E-state index in [1.54, 1.807) is 6.07 Å². The topological polar surface area (TPSA) is 72.1 Å². The van der Waals surface area contributed by atoms with Crippen LogP contribution in [-0.4, -0.2) is 54.9 Å². The molecule has 1 aromatic heterocycles. The normalized spacial score (nSPS) is 29.0. The Kier molecular flexibility index (Phi) is 4.61. The molecule has 144 valence electrons. The van der Waals surface area contributed by atoms with Crippen molar-refractivity contribution in [2.24, 2.45) is 5.41 Å². The SMILES string of the molecule is CCOC1CC(N(C)C(=O)c2ccoc2C2(O)CCOCC2)C12CCC2. The standard InChI is InChI=1S/C20H29NO5/c1-3-25-16-13-15(19(16)6-4-7-19)21(2)18(22)14-5-10-26-17(14)20(23)8-11-24-12-9-20/h5,10,15-16,23H,3-4,6-9,11-13H2,1-2H3. The zero-order valence-electron chi connectivity index (χ0n) is 15.7. The maximum absolute atomic E-state index is 13.2. The van der Waals surface area contributed by atoms with E-state index in [2.05, 4.69) is 0 Å². The maximum atomic E-state index is 13.2. The van der Waals surface area contributed by atoms with E-state index in [1.165, 1.54) is 12.7 Å². The van der Waals surface area contributed by atoms with Crippen molar-refractivity contribution in [3.8, 4) is 0 Å². The van der Waals surface area contributed by atoms with Crippen LogP contribution in [0.3, 0.4) is 0 Å². The number of rotatable bonds is 5. The van der Waals surface area contributed by atoms with Crippen molar-refractivity contribution < 1.29 is 23.8 Å². The van der Waals surface area contributed by atoms with Crippen LogP contribution in [0.2, 0.25) is 0 Å². The Balaban J connectivity index is 1.53. The number of carbonyl (C=O) groups excluding carboxylic acids is 1. The van der Waals surface area contributed by atoms with Crippen LogP contribution in [0.1, 0.15) is 61.6 Å². The van der Waals surface area contributed by atoms with E-state index >= 15 is 0 Å². The van der Waals surface area contributed by atoms with Crippen LogP contribution in [0.5, 0.6) is 0 Å². The van der Waals surface area contributed by atoms with E-state index in [4.69, 9.17) is 13.9 Å². The molecule has 1 spiro atoms. The smallest absolute Gasteiger partial charge is 0.257 e. The second-order valence-corrected chi connectivity index (χ2v) is 8.01. The Morgan fingerprint density at radius 1 is 1.35 bits per heavy atom. The second kappa shape index (κ2) is 6.66. The minimum atomic E-state index is -1.12. The molecule has 4 rings (SSSR count). The van der Waals surface area contributed by atoms with Gasteiger partial charge in [0.15, 0.2) is 0 Å². The Labute approximate surface area is 154 Å². The number of nitrogens with zero attached hydrogens (tertiary/aromatic N) is 1. The molecular weight excluding hydrogens is 334 g/mol. The lowest BCUT2D eigenvalue weighted by molar-refractivity contribution is -0.192. The molecule has 2 unspecified atom stereocenters. The third-order valence-electron chi connectivity index (χ3n) is 6.82. The summed E-state index contributed by atoms with van der Waals surface area (Å²) in [5.74, 6) is 0.320. The molecule has 1 N–H and O–H groups in total. The summed E-state index contributed by atoms with van der Waals surface area (Å²) in [6, 6.07) is 1.89. The van der Waals surface area contributed by atoms with Gasteiger partial charge in [-0.05, 0) is 32.3 Å². The molecule has 26 heavy (non-hydrogen) atoms. The van der Waals surface area contributed by atoms with E-state index in [1.807, 2.05) is 18.9 Å². The number of amides is 1. The van der Waals surface area contributed by atoms with Gasteiger partial charge in [-0.25, -0.2) is 0 Å². The molecule has 0 radical (unpaired) electrons. The van der Waals surface area contributed by atoms with Gasteiger partial charge in [-0.2, -0.15) is 0 Å². The van der Waals surface area contributed by atoms with Crippen LogP contribution in [-0.2, 0) is 15.1 Å². The average molecular weight is 363 g/mol. The van der Waals surface area contributed by atoms with Gasteiger partial charge in [-0.15, -0.1) is 0 Å². The highest BCUT2D eigenvalue weighted by atomic mass is 16.5. The van der Waals surface area contributed by atoms with Crippen LogP contribution < -0.4 is 0 Å². The van der Waals surface area contributed by atoms with E-state index < -0.39 is 5.60 Å². The summed E-state index contributed by atoms with van der Waals surface area (Å²) >= 11 is 0. The average Bonchev–Trinajstić information content (AvgIpc) is 3.07. The van der Waals surface area contributed by atoms with Gasteiger partial charge in [0.05, 0.1) is 17.9 Å². The Hall–Kier alpha value is -1.37. The number of carbonyl (C=O) groups is 1. The third kappa shape index (κ3) is 2.62. The fourth-order valence-electron chi connectivity index (χ4n) is 5.05. The van der Waals surface area contributed by atoms with Crippen LogP contribution in [0.4, 0.5) is 0 Å². The van der Waals surface area contributed by atoms with Gasteiger partial charge >= 0.3 is 0 Å². The van der Waals surface area contributed by atoms with Gasteiger partial charge in [-0.1, -0.05) is 6.42 Å². The molecule has 2 saturated carbocycles. The molecule has 2 atom stereocenters. The lowest BCUT2D eigenvalue weighted by Crippen LogP contribution is -2.67. The summed E-state index contributed by atoms with van der Waals surface area (Å²) in [5, 5.41) is 11.0. The quantitative estimate of drug-likeness (QED) is 0.871. The monoisotopic (exact) mass is 363 g/mol. The molecule has 1 saturated heterocycles. The van der Waals surface area contributed by atoms with Crippen molar-refractivity contribution >= 4 is 5.91 Å². The van der Waals surface area contributed by atoms with Crippen LogP contribution in [0.15, 0.2) is 16.7 Å². The van der Waals surface area contributed by atoms with Gasteiger partial charge < -0.3 is 23.9 Å². The number of ether oxygens (including phenoxy) is 2. The zero-order chi connectivity index (χ0) is 18.4. The number of hydrogen-bond donors (Lipinski definition) is 1. The second-order valence-electron chi connectivity index (χ2n) is 8.01.